The van der Waals surface area contributed by atoms with Gasteiger partial charge in [-0.1, -0.05) is 18.5 Å². The number of rotatable bonds is 7. The van der Waals surface area contributed by atoms with Gasteiger partial charge in [-0.25, -0.2) is 14.0 Å². The van der Waals surface area contributed by atoms with E-state index in [1.54, 1.807) is 24.3 Å². The van der Waals surface area contributed by atoms with Gasteiger partial charge in [-0.15, -0.1) is 0 Å². The Morgan fingerprint density at radius 3 is 2.21 bits per heavy atom. The van der Waals surface area contributed by atoms with Gasteiger partial charge in [0.05, 0.1) is 17.8 Å². The smallest absolute Gasteiger partial charge is 0.475 e. The molecule has 3 N–H and O–H groups in total. The third-order valence-electron chi connectivity index (χ3n) is 6.96. The van der Waals surface area contributed by atoms with Gasteiger partial charge in [0.1, 0.15) is 5.82 Å². The molecule has 2 aliphatic heterocycles. The third kappa shape index (κ3) is 9.18. The number of halogens is 5. The van der Waals surface area contributed by atoms with Crippen molar-refractivity contribution in [3.8, 4) is 5.75 Å². The second-order valence-corrected chi connectivity index (χ2v) is 10.4. The Hall–Kier alpha value is -3.62. The molecule has 2 atom stereocenters. The fraction of sp³-hybridized carbons (Fsp3) is 0.464. The molecule has 2 heterocycles. The lowest BCUT2D eigenvalue weighted by molar-refractivity contribution is -0.210. The summed E-state index contributed by atoms with van der Waals surface area (Å²) in [5.74, 6) is -3.55. The van der Waals surface area contributed by atoms with Crippen LogP contribution in [0.4, 0.5) is 23.2 Å². The fourth-order valence-corrected chi connectivity index (χ4v) is 5.03. The highest BCUT2D eigenvalue weighted by atomic mass is 35.5. The number of carboxylic acid groups (broad SMARTS) is 1. The summed E-state index contributed by atoms with van der Waals surface area (Å²) in [6.45, 7) is 4.97. The number of hydrogen-bond acceptors (Lipinski definition) is 8. The highest BCUT2D eigenvalue weighted by Crippen LogP contribution is 2.37. The number of likely N-dealkylation sites (tertiary alicyclic amines) is 1. The molecule has 236 valence electrons. The van der Waals surface area contributed by atoms with E-state index in [-0.39, 0.29) is 36.1 Å². The van der Waals surface area contributed by atoms with Crippen LogP contribution in [0.3, 0.4) is 0 Å². The highest BCUT2D eigenvalue weighted by molar-refractivity contribution is 6.30. The SMILES string of the molecule is CCc1c(F)ccc(OOC(C)=O)c1N1C[C@H](NC2CCN(C(=O)c3ccc(Cl)cc3)CC2)[C@@H](O)C1.O=C(O)C(F)(F)F. The van der Waals surface area contributed by atoms with Crippen LogP contribution >= 0.6 is 11.6 Å². The van der Waals surface area contributed by atoms with Crippen LogP contribution in [0.2, 0.25) is 5.02 Å². The number of piperidine rings is 1. The molecule has 0 radical (unpaired) electrons. The molecule has 0 unspecified atom stereocenters. The molecule has 0 bridgehead atoms. The lowest BCUT2D eigenvalue weighted by Crippen LogP contribution is -2.50. The van der Waals surface area contributed by atoms with Gasteiger partial charge < -0.3 is 25.3 Å². The fourth-order valence-electron chi connectivity index (χ4n) is 4.90. The van der Waals surface area contributed by atoms with E-state index in [1.807, 2.05) is 16.7 Å². The van der Waals surface area contributed by atoms with Crippen molar-refractivity contribution >= 4 is 35.1 Å². The minimum Gasteiger partial charge on any atom is -0.475 e. The summed E-state index contributed by atoms with van der Waals surface area (Å²) in [6.07, 6.45) is -3.86. The first-order chi connectivity index (χ1) is 20.2. The summed E-state index contributed by atoms with van der Waals surface area (Å²) in [5, 5.41) is 22.0. The number of aliphatic hydroxyl groups excluding tert-OH is 1. The molecule has 1 amide bonds. The molecular formula is C28H32ClF4N3O7. The summed E-state index contributed by atoms with van der Waals surface area (Å²) in [6, 6.07) is 9.47. The summed E-state index contributed by atoms with van der Waals surface area (Å²) in [5.41, 5.74) is 1.52. The normalized spacial score (nSPS) is 19.0. The number of aliphatic carboxylic acids is 1. The average molecular weight is 634 g/mol. The first kappa shape index (κ1) is 33.9. The number of alkyl halides is 3. The molecule has 2 aromatic carbocycles. The maximum atomic E-state index is 14.6. The van der Waals surface area contributed by atoms with Crippen LogP contribution in [0.15, 0.2) is 36.4 Å². The average Bonchev–Trinajstić information content (AvgIpc) is 3.31. The van der Waals surface area contributed by atoms with Gasteiger partial charge in [-0.2, -0.15) is 13.2 Å². The van der Waals surface area contributed by atoms with E-state index in [0.29, 0.717) is 47.9 Å². The standard InChI is InChI=1S/C26H31ClFN3O5.C2HF3O2/c1-3-20-21(28)8-9-24(36-35-16(2)32)25(20)31-14-22(23(33)15-31)29-19-10-12-30(13-11-19)26(34)17-4-6-18(27)7-5-17;3-2(4,5)1(6)7/h4-9,19,22-23,29,33H,3,10-15H2,1-2H3;(H,6,7)/t22-,23-;/m0./s1. The van der Waals surface area contributed by atoms with Crippen LogP contribution in [0.25, 0.3) is 0 Å². The van der Waals surface area contributed by atoms with E-state index >= 15 is 0 Å². The summed E-state index contributed by atoms with van der Waals surface area (Å²) >= 11 is 5.92. The molecule has 4 rings (SSSR count). The Morgan fingerprint density at radius 2 is 1.67 bits per heavy atom. The molecule has 0 aromatic heterocycles. The first-order valence-electron chi connectivity index (χ1n) is 13.4. The van der Waals surface area contributed by atoms with Gasteiger partial charge in [-0.05, 0) is 55.7 Å². The number of β-amino-alcohol motifs (C(OH)–C–C–N with tert-alkyl or cyclic N) is 1. The second-order valence-electron chi connectivity index (χ2n) is 10.0. The first-order valence-corrected chi connectivity index (χ1v) is 13.8. The molecule has 2 aromatic rings. The number of carboxylic acids is 1. The van der Waals surface area contributed by atoms with Gasteiger partial charge in [0, 0.05) is 55.3 Å². The number of carbonyl (C=O) groups is 3. The van der Waals surface area contributed by atoms with E-state index < -0.39 is 24.2 Å². The van der Waals surface area contributed by atoms with E-state index in [0.717, 1.165) is 12.8 Å². The van der Waals surface area contributed by atoms with Crippen LogP contribution in [0.5, 0.6) is 5.75 Å². The van der Waals surface area contributed by atoms with E-state index in [2.05, 4.69) is 5.32 Å². The summed E-state index contributed by atoms with van der Waals surface area (Å²) in [4.78, 5) is 46.5. The molecule has 43 heavy (non-hydrogen) atoms. The Bertz CT molecular complexity index is 1290. The number of aliphatic hydroxyl groups is 1. The van der Waals surface area contributed by atoms with E-state index in [4.69, 9.17) is 31.3 Å². The van der Waals surface area contributed by atoms with Crippen molar-refractivity contribution in [1.82, 2.24) is 10.2 Å². The predicted molar refractivity (Wildman–Crippen MR) is 147 cm³/mol. The second kappa shape index (κ2) is 14.7. The Morgan fingerprint density at radius 1 is 1.07 bits per heavy atom. The molecular weight excluding hydrogens is 602 g/mol. The van der Waals surface area contributed by atoms with Gasteiger partial charge in [0.25, 0.3) is 5.91 Å². The lowest BCUT2D eigenvalue weighted by Gasteiger charge is -2.34. The zero-order valence-corrected chi connectivity index (χ0v) is 24.1. The molecule has 2 aliphatic rings. The quantitative estimate of drug-likeness (QED) is 0.236. The van der Waals surface area contributed by atoms with Gasteiger partial charge in [-0.3, -0.25) is 14.6 Å². The van der Waals surface area contributed by atoms with Crippen LogP contribution in [-0.2, 0) is 20.9 Å². The monoisotopic (exact) mass is 633 g/mol. The van der Waals surface area contributed by atoms with Crippen LogP contribution in [-0.4, -0.2) is 83.5 Å². The van der Waals surface area contributed by atoms with Gasteiger partial charge in [0.15, 0.2) is 0 Å². The number of nitrogens with one attached hydrogen (secondary N) is 1. The van der Waals surface area contributed by atoms with Crippen LogP contribution in [0, 0.1) is 5.82 Å². The molecule has 0 saturated carbocycles. The predicted octanol–water partition coefficient (Wildman–Crippen LogP) is 3.98. The topological polar surface area (TPSA) is 129 Å². The molecule has 10 nitrogen and oxygen atoms in total. The minimum absolute atomic E-state index is 0.0179. The van der Waals surface area contributed by atoms with Gasteiger partial charge >= 0.3 is 18.1 Å². The number of carbonyl (C=O) groups excluding carboxylic acids is 2. The number of benzene rings is 2. The molecule has 0 aliphatic carbocycles. The number of nitrogens with zero attached hydrogens (tertiary/aromatic N) is 2. The van der Waals surface area contributed by atoms with Crippen molar-refractivity contribution in [2.24, 2.45) is 0 Å². The largest absolute Gasteiger partial charge is 0.490 e. The van der Waals surface area contributed by atoms with E-state index in [9.17, 15) is 32.3 Å². The number of amides is 1. The van der Waals surface area contributed by atoms with Gasteiger partial charge in [0.2, 0.25) is 5.75 Å². The van der Waals surface area contributed by atoms with Crippen molar-refractivity contribution in [1.29, 1.82) is 0 Å². The third-order valence-corrected chi connectivity index (χ3v) is 7.21. The summed E-state index contributed by atoms with van der Waals surface area (Å²) in [7, 11) is 0. The Balaban J connectivity index is 0.000000646. The van der Waals surface area contributed by atoms with Crippen molar-refractivity contribution < 1.29 is 51.9 Å². The summed E-state index contributed by atoms with van der Waals surface area (Å²) < 4.78 is 46.3. The maximum Gasteiger partial charge on any atom is 0.490 e. The van der Waals surface area contributed by atoms with Crippen molar-refractivity contribution in [2.75, 3.05) is 31.1 Å². The van der Waals surface area contributed by atoms with Crippen LogP contribution < -0.4 is 15.1 Å². The molecule has 15 heteroatoms. The van der Waals surface area contributed by atoms with Crippen molar-refractivity contribution in [3.05, 3.63) is 58.4 Å². The van der Waals surface area contributed by atoms with E-state index in [1.165, 1.54) is 19.1 Å². The lowest BCUT2D eigenvalue weighted by atomic mass is 10.0. The molecule has 2 fully saturated rings. The maximum absolute atomic E-state index is 14.6. The Kier molecular flexibility index (Phi) is 11.6. The van der Waals surface area contributed by atoms with Crippen LogP contribution in [0.1, 0.15) is 42.6 Å². The van der Waals surface area contributed by atoms with Crippen molar-refractivity contribution in [3.63, 3.8) is 0 Å². The number of hydrogen-bond donors (Lipinski definition) is 3. The zero-order chi connectivity index (χ0) is 31.9. The van der Waals surface area contributed by atoms with Crippen molar-refractivity contribution in [2.45, 2.75) is 57.5 Å². The molecule has 2 saturated heterocycles. The zero-order valence-electron chi connectivity index (χ0n) is 23.4. The molecule has 0 spiro atoms. The Labute approximate surface area is 250 Å². The highest BCUT2D eigenvalue weighted by Gasteiger charge is 2.38. The number of anilines is 1. The minimum atomic E-state index is -5.08.